The fourth-order valence-corrected chi connectivity index (χ4v) is 0.830. The Morgan fingerprint density at radius 1 is 1.55 bits per heavy atom. The van der Waals surface area contributed by atoms with E-state index < -0.39 is 0 Å². The SMILES string of the molecule is CNCCCC(C)(C)C(N)=O. The van der Waals surface area contributed by atoms with E-state index in [0.717, 1.165) is 19.4 Å². The molecule has 0 aromatic rings. The molecule has 3 nitrogen and oxygen atoms in total. The molecule has 0 fully saturated rings. The number of rotatable bonds is 5. The molecule has 0 bridgehead atoms. The van der Waals surface area contributed by atoms with Gasteiger partial charge in [-0.2, -0.15) is 0 Å². The van der Waals surface area contributed by atoms with Crippen LogP contribution in [-0.4, -0.2) is 19.5 Å². The van der Waals surface area contributed by atoms with E-state index >= 15 is 0 Å². The summed E-state index contributed by atoms with van der Waals surface area (Å²) in [7, 11) is 1.90. The topological polar surface area (TPSA) is 55.1 Å². The number of carbonyl (C=O) groups excluding carboxylic acids is 1. The lowest BCUT2D eigenvalue weighted by Crippen LogP contribution is -2.32. The zero-order chi connectivity index (χ0) is 8.91. The molecule has 66 valence electrons. The van der Waals surface area contributed by atoms with Crippen LogP contribution in [0.2, 0.25) is 0 Å². The summed E-state index contributed by atoms with van der Waals surface area (Å²) in [5, 5.41) is 3.03. The van der Waals surface area contributed by atoms with Gasteiger partial charge in [0.25, 0.3) is 0 Å². The summed E-state index contributed by atoms with van der Waals surface area (Å²) >= 11 is 0. The lowest BCUT2D eigenvalue weighted by atomic mass is 9.87. The summed E-state index contributed by atoms with van der Waals surface area (Å²) in [5.74, 6) is -0.214. The minimum atomic E-state index is -0.350. The molecule has 3 N–H and O–H groups in total. The monoisotopic (exact) mass is 158 g/mol. The Kier molecular flexibility index (Phi) is 4.11. The molecule has 0 saturated carbocycles. The van der Waals surface area contributed by atoms with Gasteiger partial charge < -0.3 is 11.1 Å². The van der Waals surface area contributed by atoms with Crippen LogP contribution >= 0.6 is 0 Å². The number of primary amides is 1. The van der Waals surface area contributed by atoms with E-state index in [1.165, 1.54) is 0 Å². The van der Waals surface area contributed by atoms with Crippen molar-refractivity contribution in [3.8, 4) is 0 Å². The predicted octanol–water partition coefficient (Wildman–Crippen LogP) is 0.497. The molecule has 0 unspecified atom stereocenters. The van der Waals surface area contributed by atoms with E-state index in [9.17, 15) is 4.79 Å². The van der Waals surface area contributed by atoms with Gasteiger partial charge in [0.1, 0.15) is 0 Å². The molecule has 0 spiro atoms. The van der Waals surface area contributed by atoms with Crippen LogP contribution in [0, 0.1) is 5.41 Å². The number of hydrogen-bond donors (Lipinski definition) is 2. The van der Waals surface area contributed by atoms with Gasteiger partial charge in [0.2, 0.25) is 5.91 Å². The largest absolute Gasteiger partial charge is 0.369 e. The number of carbonyl (C=O) groups is 1. The van der Waals surface area contributed by atoms with Crippen LogP contribution in [0.3, 0.4) is 0 Å². The number of nitrogens with one attached hydrogen (secondary N) is 1. The first-order chi connectivity index (χ1) is 5.00. The highest BCUT2D eigenvalue weighted by Crippen LogP contribution is 2.20. The normalized spacial score (nSPS) is 11.5. The van der Waals surface area contributed by atoms with Gasteiger partial charge >= 0.3 is 0 Å². The molecule has 0 aliphatic carbocycles. The maximum absolute atomic E-state index is 10.8. The first-order valence-electron chi connectivity index (χ1n) is 3.95. The molecule has 0 saturated heterocycles. The van der Waals surface area contributed by atoms with Gasteiger partial charge in [-0.15, -0.1) is 0 Å². The summed E-state index contributed by atoms with van der Waals surface area (Å²) in [4.78, 5) is 10.8. The average Bonchev–Trinajstić information content (AvgIpc) is 1.88. The van der Waals surface area contributed by atoms with Gasteiger partial charge in [-0.3, -0.25) is 4.79 Å². The van der Waals surface area contributed by atoms with Crippen LogP contribution in [0.4, 0.5) is 0 Å². The first-order valence-corrected chi connectivity index (χ1v) is 3.95. The van der Waals surface area contributed by atoms with Gasteiger partial charge in [-0.25, -0.2) is 0 Å². The fourth-order valence-electron chi connectivity index (χ4n) is 0.830. The quantitative estimate of drug-likeness (QED) is 0.572. The summed E-state index contributed by atoms with van der Waals surface area (Å²) in [6.07, 6.45) is 1.84. The van der Waals surface area contributed by atoms with Crippen molar-refractivity contribution in [3.05, 3.63) is 0 Å². The molecule has 0 radical (unpaired) electrons. The molecular formula is C8H18N2O. The van der Waals surface area contributed by atoms with Crippen molar-refractivity contribution in [3.63, 3.8) is 0 Å². The van der Waals surface area contributed by atoms with Crippen molar-refractivity contribution < 1.29 is 4.79 Å². The molecule has 0 aromatic carbocycles. The fraction of sp³-hybridized carbons (Fsp3) is 0.875. The van der Waals surface area contributed by atoms with E-state index in [4.69, 9.17) is 5.73 Å². The molecule has 0 aliphatic rings. The average molecular weight is 158 g/mol. The van der Waals surface area contributed by atoms with Gasteiger partial charge in [-0.05, 0) is 26.4 Å². The third-order valence-corrected chi connectivity index (χ3v) is 1.90. The Bertz CT molecular complexity index is 132. The Hall–Kier alpha value is -0.570. The van der Waals surface area contributed by atoms with Crippen molar-refractivity contribution in [1.29, 1.82) is 0 Å². The van der Waals surface area contributed by atoms with E-state index in [0.29, 0.717) is 0 Å². The summed E-state index contributed by atoms with van der Waals surface area (Å²) in [5.41, 5.74) is 4.84. The second-order valence-electron chi connectivity index (χ2n) is 3.46. The lowest BCUT2D eigenvalue weighted by molar-refractivity contribution is -0.126. The zero-order valence-corrected chi connectivity index (χ0v) is 7.61. The highest BCUT2D eigenvalue weighted by Gasteiger charge is 2.23. The van der Waals surface area contributed by atoms with Crippen molar-refractivity contribution in [2.45, 2.75) is 26.7 Å². The molecular weight excluding hydrogens is 140 g/mol. The minimum Gasteiger partial charge on any atom is -0.369 e. The van der Waals surface area contributed by atoms with Crippen molar-refractivity contribution in [2.75, 3.05) is 13.6 Å². The van der Waals surface area contributed by atoms with Crippen molar-refractivity contribution in [1.82, 2.24) is 5.32 Å². The Labute approximate surface area is 68.3 Å². The highest BCUT2D eigenvalue weighted by atomic mass is 16.1. The third kappa shape index (κ3) is 3.98. The molecule has 0 aliphatic heterocycles. The third-order valence-electron chi connectivity index (χ3n) is 1.90. The number of nitrogens with two attached hydrogens (primary N) is 1. The number of hydrogen-bond acceptors (Lipinski definition) is 2. The van der Waals surface area contributed by atoms with Crippen LogP contribution < -0.4 is 11.1 Å². The van der Waals surface area contributed by atoms with Crippen LogP contribution in [0.15, 0.2) is 0 Å². The Balaban J connectivity index is 3.64. The molecule has 0 atom stereocenters. The van der Waals surface area contributed by atoms with Gasteiger partial charge in [0, 0.05) is 5.41 Å². The zero-order valence-electron chi connectivity index (χ0n) is 7.61. The smallest absolute Gasteiger partial charge is 0.223 e. The molecule has 1 amide bonds. The molecule has 0 aromatic heterocycles. The summed E-state index contributed by atoms with van der Waals surface area (Å²) in [6, 6.07) is 0. The second-order valence-corrected chi connectivity index (χ2v) is 3.46. The summed E-state index contributed by atoms with van der Waals surface area (Å²) in [6.45, 7) is 4.70. The van der Waals surface area contributed by atoms with Crippen LogP contribution in [0.5, 0.6) is 0 Å². The maximum atomic E-state index is 10.8. The van der Waals surface area contributed by atoms with E-state index in [1.54, 1.807) is 0 Å². The predicted molar refractivity (Wildman–Crippen MR) is 46.1 cm³/mol. The van der Waals surface area contributed by atoms with Crippen molar-refractivity contribution in [2.24, 2.45) is 11.1 Å². The van der Waals surface area contributed by atoms with E-state index in [1.807, 2.05) is 20.9 Å². The minimum absolute atomic E-state index is 0.214. The van der Waals surface area contributed by atoms with Gasteiger partial charge in [0.05, 0.1) is 0 Å². The molecule has 0 heterocycles. The Morgan fingerprint density at radius 2 is 2.09 bits per heavy atom. The maximum Gasteiger partial charge on any atom is 0.223 e. The van der Waals surface area contributed by atoms with Crippen LogP contribution in [0.1, 0.15) is 26.7 Å². The molecule has 0 rings (SSSR count). The summed E-state index contributed by atoms with van der Waals surface area (Å²) < 4.78 is 0. The number of amides is 1. The van der Waals surface area contributed by atoms with Crippen molar-refractivity contribution >= 4 is 5.91 Å². The Morgan fingerprint density at radius 3 is 2.45 bits per heavy atom. The molecule has 3 heteroatoms. The lowest BCUT2D eigenvalue weighted by Gasteiger charge is -2.19. The van der Waals surface area contributed by atoms with Gasteiger partial charge in [-0.1, -0.05) is 13.8 Å². The van der Waals surface area contributed by atoms with E-state index in [2.05, 4.69) is 5.32 Å². The standard InChI is InChI=1S/C8H18N2O/c1-8(2,7(9)11)5-4-6-10-3/h10H,4-6H2,1-3H3,(H2,9,11). The van der Waals surface area contributed by atoms with Crippen LogP contribution in [-0.2, 0) is 4.79 Å². The van der Waals surface area contributed by atoms with Gasteiger partial charge in [0.15, 0.2) is 0 Å². The highest BCUT2D eigenvalue weighted by molar-refractivity contribution is 5.79. The van der Waals surface area contributed by atoms with Crippen LogP contribution in [0.25, 0.3) is 0 Å². The second kappa shape index (κ2) is 4.34. The molecule has 11 heavy (non-hydrogen) atoms. The first kappa shape index (κ1) is 10.4. The van der Waals surface area contributed by atoms with E-state index in [-0.39, 0.29) is 11.3 Å².